The summed E-state index contributed by atoms with van der Waals surface area (Å²) in [5.41, 5.74) is 0.252. The molecule has 20 heavy (non-hydrogen) atoms. The molecule has 0 aliphatic heterocycles. The lowest BCUT2D eigenvalue weighted by Crippen LogP contribution is -2.63. The third-order valence-electron chi connectivity index (χ3n) is 3.79. The van der Waals surface area contributed by atoms with Crippen LogP contribution in [0.3, 0.4) is 0 Å². The molecular weight excluding hydrogens is 282 g/mol. The predicted molar refractivity (Wildman–Crippen MR) is 77.3 cm³/mol. The van der Waals surface area contributed by atoms with Gasteiger partial charge in [-0.3, -0.25) is 9.04 Å². The summed E-state index contributed by atoms with van der Waals surface area (Å²) in [6, 6.07) is 0. The van der Waals surface area contributed by atoms with Gasteiger partial charge in [-0.25, -0.2) is 4.79 Å². The Bertz CT molecular complexity index is 453. The fourth-order valence-electron chi connectivity index (χ4n) is 2.58. The summed E-state index contributed by atoms with van der Waals surface area (Å²) in [6.07, 6.45) is -0.462. The summed E-state index contributed by atoms with van der Waals surface area (Å²) in [5.74, 6) is -0.563. The zero-order valence-electron chi connectivity index (χ0n) is 12.9. The molecule has 0 heterocycles. The summed E-state index contributed by atoms with van der Waals surface area (Å²) in [7, 11) is -4.24. The van der Waals surface area contributed by atoms with Crippen LogP contribution in [0, 0.1) is 0 Å². The lowest BCUT2D eigenvalue weighted by molar-refractivity contribution is -0.974. The number of carbonyl (C=O) groups is 1. The molecule has 0 aromatic rings. The van der Waals surface area contributed by atoms with E-state index in [1.165, 1.54) is 6.92 Å². The maximum atomic E-state index is 11.6. The first-order valence-electron chi connectivity index (χ1n) is 6.75. The Morgan fingerprint density at radius 3 is 2.00 bits per heavy atom. The van der Waals surface area contributed by atoms with Gasteiger partial charge in [0.1, 0.15) is 0 Å². The van der Waals surface area contributed by atoms with Crippen molar-refractivity contribution in [1.82, 2.24) is 0 Å². The Hall–Kier alpha value is -0.920. The Morgan fingerprint density at radius 1 is 1.30 bits per heavy atom. The largest absolute Gasteiger partial charge is 0.409 e. The van der Waals surface area contributed by atoms with E-state index < -0.39 is 27.7 Å². The molecule has 1 N–H and O–H groups in total. The summed E-state index contributed by atoms with van der Waals surface area (Å²) >= 11 is 0. The minimum absolute atomic E-state index is 0.0334. The minimum Gasteiger partial charge on any atom is -0.409 e. The number of carbonyl (C=O) groups excluding carboxylic acids is 1. The Morgan fingerprint density at radius 2 is 1.75 bits per heavy atom. The molecule has 0 radical (unpaired) electrons. The van der Waals surface area contributed by atoms with Crippen LogP contribution in [-0.2, 0) is 19.6 Å². The van der Waals surface area contributed by atoms with Crippen LogP contribution >= 0.6 is 0 Å². The van der Waals surface area contributed by atoms with Gasteiger partial charge in [-0.1, -0.05) is 13.5 Å². The minimum atomic E-state index is -4.24. The maximum Gasteiger partial charge on any atom is 0.337 e. The number of rotatable bonds is 8. The van der Waals surface area contributed by atoms with Crippen LogP contribution in [0.4, 0.5) is 0 Å². The van der Waals surface area contributed by atoms with Crippen molar-refractivity contribution in [3.05, 3.63) is 12.2 Å². The lowest BCUT2D eigenvalue weighted by Gasteiger charge is -2.44. The molecule has 118 valence electrons. The summed E-state index contributed by atoms with van der Waals surface area (Å²) in [4.78, 5) is 11.6. The quantitative estimate of drug-likeness (QED) is 0.244. The molecular formula is C13H26NO5S+. The van der Waals surface area contributed by atoms with Crippen molar-refractivity contribution in [2.75, 3.05) is 13.1 Å². The van der Waals surface area contributed by atoms with Crippen molar-refractivity contribution in [1.29, 1.82) is 0 Å². The van der Waals surface area contributed by atoms with Gasteiger partial charge in [0.25, 0.3) is 0 Å². The average Bonchev–Trinajstić information content (AvgIpc) is 2.33. The predicted octanol–water partition coefficient (Wildman–Crippen LogP) is 1.93. The van der Waals surface area contributed by atoms with Crippen molar-refractivity contribution in [2.45, 2.75) is 52.6 Å². The second-order valence-electron chi connectivity index (χ2n) is 4.90. The third-order valence-corrected chi connectivity index (χ3v) is 5.24. The van der Waals surface area contributed by atoms with Crippen molar-refractivity contribution < 1.29 is 27.0 Å². The smallest absolute Gasteiger partial charge is 0.337 e. The number of hydrogen-bond acceptors (Lipinski definition) is 4. The van der Waals surface area contributed by atoms with E-state index in [0.29, 0.717) is 13.1 Å². The van der Waals surface area contributed by atoms with Gasteiger partial charge < -0.3 is 4.74 Å². The van der Waals surface area contributed by atoms with E-state index in [9.17, 15) is 17.8 Å². The van der Waals surface area contributed by atoms with Crippen LogP contribution in [0.1, 0.15) is 41.0 Å². The highest BCUT2D eigenvalue weighted by Crippen LogP contribution is 2.26. The van der Waals surface area contributed by atoms with E-state index in [1.807, 2.05) is 13.8 Å². The van der Waals surface area contributed by atoms with E-state index in [4.69, 9.17) is 4.74 Å². The molecule has 0 aromatic heterocycles. The second-order valence-corrected chi connectivity index (χ2v) is 6.47. The van der Waals surface area contributed by atoms with Gasteiger partial charge in [-0.2, -0.15) is 8.42 Å². The summed E-state index contributed by atoms with van der Waals surface area (Å²) < 4.78 is 38.0. The SMILES string of the molecule is C=C(C)C(=O)OC(C)[N+](CC)(CC)C(CC)S(=O)(=O)O. The van der Waals surface area contributed by atoms with Crippen molar-refractivity contribution in [3.63, 3.8) is 0 Å². The van der Waals surface area contributed by atoms with Crippen molar-refractivity contribution >= 4 is 16.1 Å². The summed E-state index contributed by atoms with van der Waals surface area (Å²) in [6.45, 7) is 12.8. The normalized spacial score (nSPS) is 15.5. The zero-order chi connectivity index (χ0) is 16.1. The highest BCUT2D eigenvalue weighted by molar-refractivity contribution is 7.86. The van der Waals surface area contributed by atoms with Crippen molar-refractivity contribution in [3.8, 4) is 0 Å². The maximum absolute atomic E-state index is 11.6. The van der Waals surface area contributed by atoms with E-state index in [2.05, 4.69) is 6.58 Å². The molecule has 0 amide bonds. The van der Waals surface area contributed by atoms with Gasteiger partial charge in [0.05, 0.1) is 13.1 Å². The van der Waals surface area contributed by atoms with Crippen LogP contribution in [0.25, 0.3) is 0 Å². The average molecular weight is 308 g/mol. The molecule has 0 fully saturated rings. The first-order valence-corrected chi connectivity index (χ1v) is 8.26. The molecule has 2 atom stereocenters. The molecule has 0 aromatic carbocycles. The molecule has 7 heteroatoms. The van der Waals surface area contributed by atoms with Gasteiger partial charge in [-0.15, -0.1) is 0 Å². The monoisotopic (exact) mass is 308 g/mol. The van der Waals surface area contributed by atoms with Crippen LogP contribution in [0.2, 0.25) is 0 Å². The van der Waals surface area contributed by atoms with Crippen LogP contribution in [0.5, 0.6) is 0 Å². The fourth-order valence-corrected chi connectivity index (χ4v) is 4.00. The second kappa shape index (κ2) is 7.19. The van der Waals surface area contributed by atoms with Gasteiger partial charge in [-0.05, 0) is 20.8 Å². The number of ether oxygens (including phenoxy) is 1. The zero-order valence-corrected chi connectivity index (χ0v) is 13.7. The Labute approximate surface area is 121 Å². The van der Waals surface area contributed by atoms with E-state index in [1.54, 1.807) is 13.8 Å². The number of quaternary nitrogens is 1. The standard InChI is InChI=1S/C13H25NO5S/c1-7-12(20(16,17)18)14(8-2,9-3)11(6)19-13(15)10(4)5/h11-12H,4,7-9H2,1-3,5-6H3/p+1. The van der Waals surface area contributed by atoms with E-state index in [0.717, 1.165) is 0 Å². The molecule has 0 bridgehead atoms. The molecule has 0 rings (SSSR count). The number of esters is 1. The van der Waals surface area contributed by atoms with E-state index >= 15 is 0 Å². The third kappa shape index (κ3) is 4.04. The van der Waals surface area contributed by atoms with Crippen LogP contribution in [-0.4, -0.2) is 48.1 Å². The van der Waals surface area contributed by atoms with E-state index in [-0.39, 0.29) is 16.5 Å². The van der Waals surface area contributed by atoms with Gasteiger partial charge in [0.15, 0.2) is 0 Å². The molecule has 0 saturated heterocycles. The summed E-state index contributed by atoms with van der Waals surface area (Å²) in [5, 5.41) is -1.02. The number of hydrogen-bond donors (Lipinski definition) is 1. The Kier molecular flexibility index (Phi) is 6.86. The molecule has 2 unspecified atom stereocenters. The molecule has 0 spiro atoms. The highest BCUT2D eigenvalue weighted by Gasteiger charge is 2.47. The first-order chi connectivity index (χ1) is 9.06. The van der Waals surface area contributed by atoms with Crippen LogP contribution < -0.4 is 0 Å². The number of nitrogens with zero attached hydrogens (tertiary/aromatic N) is 1. The molecule has 6 nitrogen and oxygen atoms in total. The Balaban J connectivity index is 5.59. The molecule has 0 saturated carbocycles. The molecule has 0 aliphatic rings. The highest BCUT2D eigenvalue weighted by atomic mass is 32.2. The van der Waals surface area contributed by atoms with Crippen LogP contribution in [0.15, 0.2) is 12.2 Å². The van der Waals surface area contributed by atoms with Gasteiger partial charge >= 0.3 is 16.1 Å². The fraction of sp³-hybridized carbons (Fsp3) is 0.769. The molecule has 0 aliphatic carbocycles. The van der Waals surface area contributed by atoms with Gasteiger partial charge in [0.2, 0.25) is 11.6 Å². The van der Waals surface area contributed by atoms with Crippen molar-refractivity contribution in [2.24, 2.45) is 0 Å². The lowest BCUT2D eigenvalue weighted by atomic mass is 10.2. The topological polar surface area (TPSA) is 80.7 Å². The first kappa shape index (κ1) is 19.1. The van der Waals surface area contributed by atoms with Gasteiger partial charge in [0, 0.05) is 18.9 Å².